The number of pyridine rings is 1. The van der Waals surface area contributed by atoms with E-state index in [0.717, 1.165) is 16.9 Å². The summed E-state index contributed by atoms with van der Waals surface area (Å²) >= 11 is 12.0. The number of hydrogen-bond donors (Lipinski definition) is 1. The first-order valence-electron chi connectivity index (χ1n) is 5.86. The monoisotopic (exact) mass is 304 g/mol. The minimum Gasteiger partial charge on any atom is -0.382 e. The summed E-state index contributed by atoms with van der Waals surface area (Å²) in [6.45, 7) is 0. The Morgan fingerprint density at radius 2 is 1.90 bits per heavy atom. The highest BCUT2D eigenvalue weighted by Gasteiger charge is 2.11. The van der Waals surface area contributed by atoms with E-state index < -0.39 is 0 Å². The fraction of sp³-hybridized carbons (Fsp3) is 0. The topological polar surface area (TPSA) is 56.7 Å². The summed E-state index contributed by atoms with van der Waals surface area (Å²) in [7, 11) is 0. The van der Waals surface area contributed by atoms with Gasteiger partial charge in [-0.05, 0) is 30.3 Å². The maximum absolute atomic E-state index is 6.05. The van der Waals surface area contributed by atoms with Crippen molar-refractivity contribution in [1.29, 1.82) is 0 Å². The SMILES string of the molecule is Nc1cc(-c2cccnc2)n(-c2ccc(Cl)c(Cl)c2)n1. The second-order valence-corrected chi connectivity index (χ2v) is 5.02. The van der Waals surface area contributed by atoms with Gasteiger partial charge in [-0.1, -0.05) is 23.2 Å². The molecular formula is C14H10Cl2N4. The Morgan fingerprint density at radius 1 is 1.05 bits per heavy atom. The first-order chi connectivity index (χ1) is 9.65. The smallest absolute Gasteiger partial charge is 0.146 e. The number of nitrogens with zero attached hydrogens (tertiary/aromatic N) is 3. The van der Waals surface area contributed by atoms with E-state index in [0.29, 0.717) is 15.9 Å². The molecule has 3 aromatic rings. The molecule has 0 bridgehead atoms. The molecule has 0 saturated heterocycles. The van der Waals surface area contributed by atoms with Crippen LogP contribution in [-0.4, -0.2) is 14.8 Å². The predicted octanol–water partition coefficient (Wildman–Crippen LogP) is 3.82. The highest BCUT2D eigenvalue weighted by atomic mass is 35.5. The number of nitrogens with two attached hydrogens (primary N) is 1. The first-order valence-corrected chi connectivity index (χ1v) is 6.62. The Balaban J connectivity index is 2.17. The standard InChI is InChI=1S/C14H10Cl2N4/c15-11-4-3-10(6-12(11)16)20-13(7-14(17)19-20)9-2-1-5-18-8-9/h1-8H,(H2,17,19). The van der Waals surface area contributed by atoms with Gasteiger partial charge in [0.2, 0.25) is 0 Å². The Kier molecular flexibility index (Phi) is 3.34. The van der Waals surface area contributed by atoms with Crippen LogP contribution in [0.5, 0.6) is 0 Å². The minimum atomic E-state index is 0.426. The third-order valence-corrected chi connectivity index (χ3v) is 3.57. The molecule has 2 aromatic heterocycles. The van der Waals surface area contributed by atoms with Crippen LogP contribution in [0.1, 0.15) is 0 Å². The van der Waals surface area contributed by atoms with Gasteiger partial charge in [0.1, 0.15) is 5.82 Å². The first kappa shape index (κ1) is 13.0. The molecule has 0 unspecified atom stereocenters. The normalized spacial score (nSPS) is 10.7. The predicted molar refractivity (Wildman–Crippen MR) is 81.2 cm³/mol. The second-order valence-electron chi connectivity index (χ2n) is 4.21. The molecule has 20 heavy (non-hydrogen) atoms. The Morgan fingerprint density at radius 3 is 2.60 bits per heavy atom. The molecule has 4 nitrogen and oxygen atoms in total. The molecule has 0 atom stereocenters. The van der Waals surface area contributed by atoms with E-state index in [2.05, 4.69) is 10.1 Å². The zero-order valence-electron chi connectivity index (χ0n) is 10.3. The number of aromatic nitrogens is 3. The van der Waals surface area contributed by atoms with Crippen molar-refractivity contribution < 1.29 is 0 Å². The molecule has 100 valence electrons. The fourth-order valence-electron chi connectivity index (χ4n) is 1.93. The molecule has 2 N–H and O–H groups in total. The molecule has 0 aliphatic heterocycles. The lowest BCUT2D eigenvalue weighted by molar-refractivity contribution is 0.893. The number of nitrogen functional groups attached to an aromatic ring is 1. The molecule has 0 saturated carbocycles. The van der Waals surface area contributed by atoms with E-state index in [9.17, 15) is 0 Å². The van der Waals surface area contributed by atoms with Crippen molar-refractivity contribution >= 4 is 29.0 Å². The summed E-state index contributed by atoms with van der Waals surface area (Å²) in [4.78, 5) is 4.11. The minimum absolute atomic E-state index is 0.426. The number of rotatable bonds is 2. The van der Waals surface area contributed by atoms with Gasteiger partial charge >= 0.3 is 0 Å². The van der Waals surface area contributed by atoms with E-state index >= 15 is 0 Å². The van der Waals surface area contributed by atoms with Crippen molar-refractivity contribution in [3.63, 3.8) is 0 Å². The molecule has 0 amide bonds. The van der Waals surface area contributed by atoms with Crippen molar-refractivity contribution in [3.8, 4) is 16.9 Å². The maximum Gasteiger partial charge on any atom is 0.146 e. The average molecular weight is 305 g/mol. The molecule has 6 heteroatoms. The van der Waals surface area contributed by atoms with Gasteiger partial charge in [0.05, 0.1) is 21.4 Å². The third kappa shape index (κ3) is 2.35. The van der Waals surface area contributed by atoms with Crippen LogP contribution in [-0.2, 0) is 0 Å². The Labute approximate surface area is 125 Å². The highest BCUT2D eigenvalue weighted by molar-refractivity contribution is 6.42. The van der Waals surface area contributed by atoms with E-state index in [4.69, 9.17) is 28.9 Å². The third-order valence-electron chi connectivity index (χ3n) is 2.83. The second kappa shape index (κ2) is 5.15. The van der Waals surface area contributed by atoms with Gasteiger partial charge in [-0.3, -0.25) is 4.98 Å². The molecule has 2 heterocycles. The largest absolute Gasteiger partial charge is 0.382 e. The molecule has 0 aliphatic carbocycles. The van der Waals surface area contributed by atoms with Crippen molar-refractivity contribution in [2.24, 2.45) is 0 Å². The van der Waals surface area contributed by atoms with Gasteiger partial charge in [-0.2, -0.15) is 5.10 Å². The maximum atomic E-state index is 6.05. The lowest BCUT2D eigenvalue weighted by Crippen LogP contribution is -2.00. The van der Waals surface area contributed by atoms with E-state index in [1.165, 1.54) is 0 Å². The van der Waals surface area contributed by atoms with Gasteiger partial charge in [-0.25, -0.2) is 4.68 Å². The molecule has 0 fully saturated rings. The van der Waals surface area contributed by atoms with Crippen molar-refractivity contribution in [1.82, 2.24) is 14.8 Å². The number of benzene rings is 1. The van der Waals surface area contributed by atoms with Crippen molar-refractivity contribution in [3.05, 3.63) is 58.8 Å². The summed E-state index contributed by atoms with van der Waals surface area (Å²) in [5.41, 5.74) is 8.36. The Hall–Kier alpha value is -2.04. The lowest BCUT2D eigenvalue weighted by Gasteiger charge is -2.08. The molecule has 0 spiro atoms. The number of hydrogen-bond acceptors (Lipinski definition) is 3. The van der Waals surface area contributed by atoms with Crippen molar-refractivity contribution in [2.75, 3.05) is 5.73 Å². The lowest BCUT2D eigenvalue weighted by atomic mass is 10.2. The van der Waals surface area contributed by atoms with Gasteiger partial charge in [-0.15, -0.1) is 0 Å². The quantitative estimate of drug-likeness (QED) is 0.783. The van der Waals surface area contributed by atoms with E-state index in [1.54, 1.807) is 35.3 Å². The van der Waals surface area contributed by atoms with Crippen LogP contribution < -0.4 is 5.73 Å². The molecule has 0 aliphatic rings. The molecular weight excluding hydrogens is 295 g/mol. The van der Waals surface area contributed by atoms with Crippen molar-refractivity contribution in [2.45, 2.75) is 0 Å². The highest BCUT2D eigenvalue weighted by Crippen LogP contribution is 2.28. The van der Waals surface area contributed by atoms with Crippen LogP contribution in [0.4, 0.5) is 5.82 Å². The van der Waals surface area contributed by atoms with Crippen LogP contribution in [0.2, 0.25) is 10.0 Å². The number of anilines is 1. The molecule has 0 radical (unpaired) electrons. The summed E-state index contributed by atoms with van der Waals surface area (Å²) < 4.78 is 1.72. The summed E-state index contributed by atoms with van der Waals surface area (Å²) in [6, 6.07) is 10.9. The average Bonchev–Trinajstić information content (AvgIpc) is 2.85. The zero-order chi connectivity index (χ0) is 14.1. The van der Waals surface area contributed by atoms with Crippen LogP contribution in [0.3, 0.4) is 0 Å². The summed E-state index contributed by atoms with van der Waals surface area (Å²) in [6.07, 6.45) is 3.47. The van der Waals surface area contributed by atoms with Crippen LogP contribution >= 0.6 is 23.2 Å². The van der Waals surface area contributed by atoms with Gasteiger partial charge in [0, 0.05) is 24.0 Å². The summed E-state index contributed by atoms with van der Waals surface area (Å²) in [5, 5.41) is 5.26. The van der Waals surface area contributed by atoms with E-state index in [-0.39, 0.29) is 0 Å². The molecule has 1 aromatic carbocycles. The van der Waals surface area contributed by atoms with Crippen LogP contribution in [0, 0.1) is 0 Å². The fourth-order valence-corrected chi connectivity index (χ4v) is 2.23. The Bertz CT molecular complexity index is 753. The van der Waals surface area contributed by atoms with Crippen LogP contribution in [0.25, 0.3) is 16.9 Å². The summed E-state index contributed by atoms with van der Waals surface area (Å²) in [5.74, 6) is 0.426. The van der Waals surface area contributed by atoms with E-state index in [1.807, 2.05) is 18.2 Å². The molecule has 3 rings (SSSR count). The number of halogens is 2. The van der Waals surface area contributed by atoms with Gasteiger partial charge in [0.15, 0.2) is 0 Å². The van der Waals surface area contributed by atoms with Gasteiger partial charge in [0.25, 0.3) is 0 Å². The van der Waals surface area contributed by atoms with Gasteiger partial charge < -0.3 is 5.73 Å². The zero-order valence-corrected chi connectivity index (χ0v) is 11.8. The van der Waals surface area contributed by atoms with Crippen LogP contribution in [0.15, 0.2) is 48.8 Å².